The smallest absolute Gasteiger partial charge is 0.246 e. The second kappa shape index (κ2) is 13.0. The highest BCUT2D eigenvalue weighted by molar-refractivity contribution is 5.89. The van der Waals surface area contributed by atoms with Crippen LogP contribution >= 0.6 is 0 Å². The van der Waals surface area contributed by atoms with E-state index in [4.69, 9.17) is 4.74 Å². The van der Waals surface area contributed by atoms with Gasteiger partial charge in [-0.1, -0.05) is 80.1 Å². The van der Waals surface area contributed by atoms with E-state index in [1.807, 2.05) is 66.7 Å². The highest BCUT2D eigenvalue weighted by Crippen LogP contribution is 2.30. The lowest BCUT2D eigenvalue weighted by Gasteiger charge is -2.39. The summed E-state index contributed by atoms with van der Waals surface area (Å²) in [6.45, 7) is 2.70. The Balaban J connectivity index is 1.77. The Morgan fingerprint density at radius 1 is 0.974 bits per heavy atom. The van der Waals surface area contributed by atoms with Crippen molar-refractivity contribution in [2.24, 2.45) is 0 Å². The molecule has 0 saturated carbocycles. The number of halogens is 1. The van der Waals surface area contributed by atoms with Crippen LogP contribution < -0.4 is 4.74 Å². The zero-order valence-corrected chi connectivity index (χ0v) is 22.1. The predicted octanol–water partition coefficient (Wildman–Crippen LogP) is 6.10. The molecule has 38 heavy (non-hydrogen) atoms. The first-order chi connectivity index (χ1) is 18.5. The van der Waals surface area contributed by atoms with Crippen LogP contribution in [0.25, 0.3) is 0 Å². The number of carbonyl (C=O) groups excluding carboxylic acids is 2. The maximum absolute atomic E-state index is 14.5. The van der Waals surface area contributed by atoms with Gasteiger partial charge >= 0.3 is 0 Å². The second-order valence-electron chi connectivity index (χ2n) is 9.59. The Kier molecular flexibility index (Phi) is 9.30. The van der Waals surface area contributed by atoms with Gasteiger partial charge in [-0.2, -0.15) is 0 Å². The molecule has 4 rings (SSSR count). The van der Waals surface area contributed by atoms with Crippen LogP contribution in [0.4, 0.5) is 4.39 Å². The van der Waals surface area contributed by atoms with Gasteiger partial charge in [-0.05, 0) is 47.4 Å². The third-order valence-electron chi connectivity index (χ3n) is 6.96. The third-order valence-corrected chi connectivity index (χ3v) is 6.96. The summed E-state index contributed by atoms with van der Waals surface area (Å²) >= 11 is 0. The van der Waals surface area contributed by atoms with E-state index in [9.17, 15) is 14.0 Å². The zero-order chi connectivity index (χ0) is 26.9. The highest BCUT2D eigenvalue weighted by Gasteiger charge is 2.36. The summed E-state index contributed by atoms with van der Waals surface area (Å²) in [7, 11) is 1.62. The Hall–Kier alpha value is -3.93. The Labute approximate surface area is 224 Å². The van der Waals surface area contributed by atoms with Crippen molar-refractivity contribution in [3.05, 3.63) is 114 Å². The highest BCUT2D eigenvalue weighted by atomic mass is 19.1. The molecule has 0 spiro atoms. The number of unbranched alkanes of at least 4 members (excludes halogenated alkanes) is 1. The summed E-state index contributed by atoms with van der Waals surface area (Å²) in [5.41, 5.74) is 2.74. The largest absolute Gasteiger partial charge is 0.497 e. The molecule has 6 heteroatoms. The number of methoxy groups -OCH3 is 1. The number of rotatable bonds is 9. The lowest BCUT2D eigenvalue weighted by atomic mass is 9.96. The third kappa shape index (κ3) is 6.68. The van der Waals surface area contributed by atoms with Crippen LogP contribution in [-0.2, 0) is 22.6 Å². The van der Waals surface area contributed by atoms with Crippen molar-refractivity contribution in [2.45, 2.75) is 51.2 Å². The molecule has 0 N–H and O–H groups in total. The monoisotopic (exact) mass is 514 g/mol. The van der Waals surface area contributed by atoms with Crippen LogP contribution in [0, 0.1) is 5.82 Å². The number of hydrogen-bond donors (Lipinski definition) is 0. The van der Waals surface area contributed by atoms with E-state index in [0.29, 0.717) is 19.4 Å². The summed E-state index contributed by atoms with van der Waals surface area (Å²) in [4.78, 5) is 31.4. The first-order valence-corrected chi connectivity index (χ1v) is 13.2. The van der Waals surface area contributed by atoms with Crippen molar-refractivity contribution in [1.29, 1.82) is 0 Å². The van der Waals surface area contributed by atoms with Gasteiger partial charge in [0.05, 0.1) is 13.2 Å². The van der Waals surface area contributed by atoms with Crippen LogP contribution in [0.1, 0.15) is 48.9 Å². The molecule has 5 nitrogen and oxygen atoms in total. The van der Waals surface area contributed by atoms with E-state index in [0.717, 1.165) is 35.3 Å². The average Bonchev–Trinajstić information content (AvgIpc) is 2.95. The first kappa shape index (κ1) is 27.1. The molecule has 1 aliphatic rings. The molecule has 1 aliphatic heterocycles. The minimum Gasteiger partial charge on any atom is -0.497 e. The standard InChI is InChI=1S/C32H35FN2O3/c1-3-4-12-31(36)34-21-8-11-29(26-15-19-28(38-2)20-16-26)35(23-25-13-17-27(33)18-14-25)32(37)30(34)22-24-9-6-5-7-10-24/h5-11,13-20,29-30H,3-4,12,21-23H2,1-2H3/b11-8-/t29?,30-/m0/s1. The van der Waals surface area contributed by atoms with Gasteiger partial charge in [0, 0.05) is 25.9 Å². The molecule has 0 aromatic heterocycles. The number of hydrogen-bond acceptors (Lipinski definition) is 3. The summed E-state index contributed by atoms with van der Waals surface area (Å²) in [5.74, 6) is 0.257. The molecule has 0 radical (unpaired) electrons. The van der Waals surface area contributed by atoms with Gasteiger partial charge in [0.2, 0.25) is 11.8 Å². The Morgan fingerprint density at radius 2 is 1.68 bits per heavy atom. The van der Waals surface area contributed by atoms with Crippen LogP contribution in [0.2, 0.25) is 0 Å². The molecule has 0 fully saturated rings. The van der Waals surface area contributed by atoms with E-state index in [-0.39, 0.29) is 30.2 Å². The lowest BCUT2D eigenvalue weighted by molar-refractivity contribution is -0.147. The van der Waals surface area contributed by atoms with Gasteiger partial charge in [0.15, 0.2) is 0 Å². The van der Waals surface area contributed by atoms with E-state index in [2.05, 4.69) is 6.92 Å². The topological polar surface area (TPSA) is 49.9 Å². The van der Waals surface area contributed by atoms with Gasteiger partial charge in [-0.15, -0.1) is 0 Å². The first-order valence-electron chi connectivity index (χ1n) is 13.2. The number of nitrogens with zero attached hydrogens (tertiary/aromatic N) is 2. The summed E-state index contributed by atoms with van der Waals surface area (Å²) in [6.07, 6.45) is 6.48. The van der Waals surface area contributed by atoms with E-state index in [1.165, 1.54) is 12.1 Å². The maximum atomic E-state index is 14.5. The normalized spacial score (nSPS) is 18.6. The van der Waals surface area contributed by atoms with Crippen LogP contribution in [0.5, 0.6) is 5.75 Å². The predicted molar refractivity (Wildman–Crippen MR) is 147 cm³/mol. The van der Waals surface area contributed by atoms with Crippen LogP contribution in [0.3, 0.4) is 0 Å². The van der Waals surface area contributed by atoms with E-state index in [1.54, 1.807) is 29.0 Å². The molecule has 2 amide bonds. The Morgan fingerprint density at radius 3 is 2.34 bits per heavy atom. The van der Waals surface area contributed by atoms with Gasteiger partial charge in [0.1, 0.15) is 17.6 Å². The van der Waals surface area contributed by atoms with Gasteiger partial charge < -0.3 is 14.5 Å². The molecule has 0 aliphatic carbocycles. The van der Waals surface area contributed by atoms with Crippen LogP contribution in [-0.4, -0.2) is 41.3 Å². The SMILES string of the molecule is CCCCC(=O)N1C/C=C\C(c2ccc(OC)cc2)N(Cc2ccc(F)cc2)C(=O)[C@@H]1Cc1ccccc1. The lowest BCUT2D eigenvalue weighted by Crippen LogP contribution is -2.53. The minimum absolute atomic E-state index is 0.0181. The average molecular weight is 515 g/mol. The summed E-state index contributed by atoms with van der Waals surface area (Å²) < 4.78 is 19.0. The second-order valence-corrected chi connectivity index (χ2v) is 9.59. The zero-order valence-electron chi connectivity index (χ0n) is 22.1. The van der Waals surface area contributed by atoms with Gasteiger partial charge in [0.25, 0.3) is 0 Å². The van der Waals surface area contributed by atoms with Crippen molar-refractivity contribution < 1.29 is 18.7 Å². The van der Waals surface area contributed by atoms with Crippen LogP contribution in [0.15, 0.2) is 91.0 Å². The molecule has 1 unspecified atom stereocenters. The van der Waals surface area contributed by atoms with Gasteiger partial charge in [-0.25, -0.2) is 4.39 Å². The van der Waals surface area contributed by atoms with Gasteiger partial charge in [-0.3, -0.25) is 9.59 Å². The summed E-state index contributed by atoms with van der Waals surface area (Å²) in [5, 5.41) is 0. The number of amides is 2. The Bertz CT molecular complexity index is 1230. The maximum Gasteiger partial charge on any atom is 0.246 e. The molecule has 0 saturated heterocycles. The molecule has 198 valence electrons. The summed E-state index contributed by atoms with van der Waals surface area (Å²) in [6, 6.07) is 22.7. The minimum atomic E-state index is -0.659. The molecule has 3 aromatic rings. The number of benzene rings is 3. The molecule has 1 heterocycles. The molecule has 3 aromatic carbocycles. The fourth-order valence-electron chi connectivity index (χ4n) is 4.83. The number of carbonyl (C=O) groups is 2. The molecule has 2 atom stereocenters. The fraction of sp³-hybridized carbons (Fsp3) is 0.312. The fourth-order valence-corrected chi connectivity index (χ4v) is 4.83. The van der Waals surface area contributed by atoms with Crippen molar-refractivity contribution in [3.63, 3.8) is 0 Å². The van der Waals surface area contributed by atoms with Crippen molar-refractivity contribution >= 4 is 11.8 Å². The quantitative estimate of drug-likeness (QED) is 0.324. The van der Waals surface area contributed by atoms with Crippen molar-refractivity contribution in [3.8, 4) is 5.75 Å². The van der Waals surface area contributed by atoms with Crippen molar-refractivity contribution in [2.75, 3.05) is 13.7 Å². The van der Waals surface area contributed by atoms with Crippen molar-refractivity contribution in [1.82, 2.24) is 9.80 Å². The number of ether oxygens (including phenoxy) is 1. The molecular formula is C32H35FN2O3. The molecular weight excluding hydrogens is 479 g/mol. The molecule has 0 bridgehead atoms. The van der Waals surface area contributed by atoms with E-state index >= 15 is 0 Å². The van der Waals surface area contributed by atoms with E-state index < -0.39 is 6.04 Å².